The van der Waals surface area contributed by atoms with E-state index in [9.17, 15) is 9.59 Å². The van der Waals surface area contributed by atoms with Crippen LogP contribution in [0.3, 0.4) is 0 Å². The summed E-state index contributed by atoms with van der Waals surface area (Å²) in [6.07, 6.45) is 2.18. The van der Waals surface area contributed by atoms with Crippen LogP contribution in [-0.4, -0.2) is 51.2 Å². The zero-order valence-corrected chi connectivity index (χ0v) is 19.1. The number of amides is 3. The van der Waals surface area contributed by atoms with Crippen LogP contribution in [0.2, 0.25) is 0 Å². The molecular formula is C25H30N6O2. The predicted molar refractivity (Wildman–Crippen MR) is 128 cm³/mol. The average molecular weight is 447 g/mol. The largest absolute Gasteiger partial charge is 0.355 e. The highest BCUT2D eigenvalue weighted by atomic mass is 16.2. The molecule has 0 aliphatic carbocycles. The van der Waals surface area contributed by atoms with E-state index in [1.807, 2.05) is 73.1 Å². The molecule has 0 radical (unpaired) electrons. The first kappa shape index (κ1) is 22.5. The quantitative estimate of drug-likeness (QED) is 0.607. The second-order valence-electron chi connectivity index (χ2n) is 8.49. The minimum Gasteiger partial charge on any atom is -0.355 e. The zero-order chi connectivity index (χ0) is 23.2. The summed E-state index contributed by atoms with van der Waals surface area (Å²) in [7, 11) is 1.94. The van der Waals surface area contributed by atoms with Gasteiger partial charge in [-0.2, -0.15) is 0 Å². The van der Waals surface area contributed by atoms with Gasteiger partial charge in [-0.1, -0.05) is 42.5 Å². The second kappa shape index (κ2) is 10.3. The number of hydrogen-bond acceptors (Lipinski definition) is 4. The van der Waals surface area contributed by atoms with E-state index in [-0.39, 0.29) is 17.9 Å². The first-order chi connectivity index (χ1) is 16.0. The van der Waals surface area contributed by atoms with Gasteiger partial charge in [0.1, 0.15) is 5.82 Å². The molecule has 2 aromatic carbocycles. The van der Waals surface area contributed by atoms with Gasteiger partial charge in [-0.15, -0.1) is 10.2 Å². The maximum absolute atomic E-state index is 12.8. The van der Waals surface area contributed by atoms with E-state index >= 15 is 0 Å². The minimum absolute atomic E-state index is 0.0199. The average Bonchev–Trinajstić information content (AvgIpc) is 3.20. The number of benzene rings is 2. The summed E-state index contributed by atoms with van der Waals surface area (Å²) in [6, 6.07) is 17.4. The highest BCUT2D eigenvalue weighted by Gasteiger charge is 2.28. The zero-order valence-electron chi connectivity index (χ0n) is 19.1. The van der Waals surface area contributed by atoms with Gasteiger partial charge in [-0.05, 0) is 37.5 Å². The van der Waals surface area contributed by atoms with Crippen LogP contribution in [0.25, 0.3) is 11.4 Å². The van der Waals surface area contributed by atoms with E-state index in [2.05, 4.69) is 20.8 Å². The number of nitrogens with one attached hydrogen (secondary N) is 2. The van der Waals surface area contributed by atoms with E-state index < -0.39 is 0 Å². The van der Waals surface area contributed by atoms with Gasteiger partial charge in [0.15, 0.2) is 5.82 Å². The fourth-order valence-corrected chi connectivity index (χ4v) is 4.16. The van der Waals surface area contributed by atoms with Gasteiger partial charge in [0.2, 0.25) is 5.91 Å². The van der Waals surface area contributed by atoms with Gasteiger partial charge in [0, 0.05) is 44.4 Å². The first-order valence-corrected chi connectivity index (χ1v) is 11.4. The van der Waals surface area contributed by atoms with Crippen LogP contribution in [0.15, 0.2) is 54.6 Å². The molecule has 8 heteroatoms. The standard InChI is InChI=1S/C25H30N6O2/c1-18-8-6-12-21(16-18)27-25(33)31-15-7-11-20(17-31)24(32)26-14-13-22-28-29-23(30(22)2)19-9-4-3-5-10-19/h3-6,8-10,12,16,20H,7,11,13-15,17H2,1-2H3,(H,26,32)(H,27,33). The number of aryl methyl sites for hydroxylation is 1. The molecule has 33 heavy (non-hydrogen) atoms. The summed E-state index contributed by atoms with van der Waals surface area (Å²) in [5, 5.41) is 14.5. The molecule has 1 fully saturated rings. The van der Waals surface area contributed by atoms with Crippen molar-refractivity contribution in [1.29, 1.82) is 0 Å². The number of likely N-dealkylation sites (tertiary alicyclic amines) is 1. The monoisotopic (exact) mass is 446 g/mol. The number of anilines is 1. The topological polar surface area (TPSA) is 92.2 Å². The number of carbonyl (C=O) groups excluding carboxylic acids is 2. The van der Waals surface area contributed by atoms with Crippen molar-refractivity contribution in [2.24, 2.45) is 13.0 Å². The first-order valence-electron chi connectivity index (χ1n) is 11.4. The number of urea groups is 1. The Morgan fingerprint density at radius 1 is 1.09 bits per heavy atom. The number of piperidine rings is 1. The Labute approximate surface area is 194 Å². The molecule has 1 aliphatic heterocycles. The highest BCUT2D eigenvalue weighted by molar-refractivity contribution is 5.90. The summed E-state index contributed by atoms with van der Waals surface area (Å²) in [6.45, 7) is 3.54. The van der Waals surface area contributed by atoms with E-state index in [1.54, 1.807) is 4.90 Å². The number of aromatic nitrogens is 3. The molecule has 3 amide bonds. The predicted octanol–water partition coefficient (Wildman–Crippen LogP) is 3.39. The fraction of sp³-hybridized carbons (Fsp3) is 0.360. The normalized spacial score (nSPS) is 15.8. The Morgan fingerprint density at radius 3 is 2.70 bits per heavy atom. The Bertz CT molecular complexity index is 1110. The maximum atomic E-state index is 12.8. The third-order valence-electron chi connectivity index (χ3n) is 5.99. The lowest BCUT2D eigenvalue weighted by Crippen LogP contribution is -2.47. The van der Waals surface area contributed by atoms with Crippen LogP contribution in [0.5, 0.6) is 0 Å². The van der Waals surface area contributed by atoms with Crippen molar-refractivity contribution in [1.82, 2.24) is 25.0 Å². The third kappa shape index (κ3) is 5.58. The van der Waals surface area contributed by atoms with Crippen molar-refractivity contribution >= 4 is 17.6 Å². The van der Waals surface area contributed by atoms with Crippen molar-refractivity contribution in [3.8, 4) is 11.4 Å². The van der Waals surface area contributed by atoms with Gasteiger partial charge in [0.25, 0.3) is 0 Å². The molecule has 0 saturated carbocycles. The Kier molecular flexibility index (Phi) is 7.02. The van der Waals surface area contributed by atoms with Crippen LogP contribution >= 0.6 is 0 Å². The van der Waals surface area contributed by atoms with Crippen molar-refractivity contribution < 1.29 is 9.59 Å². The molecule has 1 unspecified atom stereocenters. The molecule has 2 heterocycles. The van der Waals surface area contributed by atoms with Crippen molar-refractivity contribution in [3.05, 3.63) is 66.0 Å². The van der Waals surface area contributed by atoms with Gasteiger partial charge >= 0.3 is 6.03 Å². The lowest BCUT2D eigenvalue weighted by atomic mass is 9.97. The van der Waals surface area contributed by atoms with Crippen LogP contribution in [0.1, 0.15) is 24.2 Å². The maximum Gasteiger partial charge on any atom is 0.321 e. The van der Waals surface area contributed by atoms with Crippen molar-refractivity contribution in [2.45, 2.75) is 26.2 Å². The van der Waals surface area contributed by atoms with Crippen LogP contribution in [-0.2, 0) is 18.3 Å². The molecule has 172 valence electrons. The lowest BCUT2D eigenvalue weighted by Gasteiger charge is -2.32. The van der Waals surface area contributed by atoms with Gasteiger partial charge in [-0.3, -0.25) is 4.79 Å². The van der Waals surface area contributed by atoms with Crippen LogP contribution in [0.4, 0.5) is 10.5 Å². The van der Waals surface area contributed by atoms with E-state index in [4.69, 9.17) is 0 Å². The molecule has 1 aromatic heterocycles. The molecule has 1 atom stereocenters. The fourth-order valence-electron chi connectivity index (χ4n) is 4.16. The summed E-state index contributed by atoms with van der Waals surface area (Å²) < 4.78 is 1.96. The molecule has 0 spiro atoms. The summed E-state index contributed by atoms with van der Waals surface area (Å²) in [5.41, 5.74) is 2.86. The molecule has 4 rings (SSSR count). The Hall–Kier alpha value is -3.68. The van der Waals surface area contributed by atoms with Gasteiger partial charge in [0.05, 0.1) is 5.92 Å². The van der Waals surface area contributed by atoms with E-state index in [1.165, 1.54) is 0 Å². The number of rotatable bonds is 6. The van der Waals surface area contributed by atoms with Gasteiger partial charge in [-0.25, -0.2) is 4.79 Å². The van der Waals surface area contributed by atoms with Crippen LogP contribution in [0, 0.1) is 12.8 Å². The summed E-state index contributed by atoms with van der Waals surface area (Å²) in [5.74, 6) is 1.39. The number of hydrogen-bond donors (Lipinski definition) is 2. The summed E-state index contributed by atoms with van der Waals surface area (Å²) >= 11 is 0. The SMILES string of the molecule is Cc1cccc(NC(=O)N2CCCC(C(=O)NCCc3nnc(-c4ccccc4)n3C)C2)c1. The minimum atomic E-state index is -0.207. The van der Waals surface area contributed by atoms with Gasteiger partial charge < -0.3 is 20.1 Å². The molecular weight excluding hydrogens is 416 g/mol. The highest BCUT2D eigenvalue weighted by Crippen LogP contribution is 2.19. The lowest BCUT2D eigenvalue weighted by molar-refractivity contribution is -0.126. The van der Waals surface area contributed by atoms with Crippen LogP contribution < -0.4 is 10.6 Å². The Morgan fingerprint density at radius 2 is 1.91 bits per heavy atom. The van der Waals surface area contributed by atoms with Crippen molar-refractivity contribution in [2.75, 3.05) is 25.0 Å². The molecule has 1 saturated heterocycles. The van der Waals surface area contributed by atoms with E-state index in [0.717, 1.165) is 41.3 Å². The molecule has 8 nitrogen and oxygen atoms in total. The summed E-state index contributed by atoms with van der Waals surface area (Å²) in [4.78, 5) is 27.2. The number of nitrogens with zero attached hydrogens (tertiary/aromatic N) is 4. The third-order valence-corrected chi connectivity index (χ3v) is 5.99. The molecule has 0 bridgehead atoms. The van der Waals surface area contributed by atoms with E-state index in [0.29, 0.717) is 26.1 Å². The number of carbonyl (C=O) groups is 2. The smallest absolute Gasteiger partial charge is 0.321 e. The second-order valence-corrected chi connectivity index (χ2v) is 8.49. The molecule has 2 N–H and O–H groups in total. The Balaban J connectivity index is 1.27. The van der Waals surface area contributed by atoms with Crippen molar-refractivity contribution in [3.63, 3.8) is 0 Å². The molecule has 3 aromatic rings. The molecule has 1 aliphatic rings.